The van der Waals surface area contributed by atoms with Crippen LogP contribution in [0.25, 0.3) is 6.08 Å². The van der Waals surface area contributed by atoms with Crippen LogP contribution in [0.15, 0.2) is 23.8 Å². The molecule has 0 bridgehead atoms. The molecule has 0 amide bonds. The Kier molecular flexibility index (Phi) is 4.71. The second-order valence-corrected chi connectivity index (χ2v) is 6.42. The molecule has 22 heavy (non-hydrogen) atoms. The van der Waals surface area contributed by atoms with Gasteiger partial charge in [0.05, 0.1) is 11.2 Å². The van der Waals surface area contributed by atoms with Crippen molar-refractivity contribution in [3.8, 4) is 6.07 Å². The van der Waals surface area contributed by atoms with E-state index in [4.69, 9.17) is 14.6 Å². The van der Waals surface area contributed by atoms with E-state index >= 15 is 0 Å². The lowest BCUT2D eigenvalue weighted by Crippen LogP contribution is -2.41. The summed E-state index contributed by atoms with van der Waals surface area (Å²) in [5.41, 5.74) is 1.54. The predicted molar refractivity (Wildman–Crippen MR) is 86.9 cm³/mol. The third-order valence-electron chi connectivity index (χ3n) is 4.19. The molecule has 116 valence electrons. The first kappa shape index (κ1) is 16.7. The highest BCUT2D eigenvalue weighted by Crippen LogP contribution is 2.38. The molecule has 6 heteroatoms. The van der Waals surface area contributed by atoms with E-state index in [1.165, 1.54) is 0 Å². The Morgan fingerprint density at radius 2 is 2.00 bits per heavy atom. The number of likely N-dealkylation sites (N-methyl/N-ethyl adjacent to an activating group) is 1. The number of rotatable bonds is 4. The second kappa shape index (κ2) is 6.21. The predicted octanol–water partition coefficient (Wildman–Crippen LogP) is 2.19. The van der Waals surface area contributed by atoms with Crippen molar-refractivity contribution in [1.29, 1.82) is 5.26 Å². The maximum Gasteiger partial charge on any atom is 0.491 e. The number of nitrogens with zero attached hydrogens (tertiary/aromatic N) is 2. The quantitative estimate of drug-likeness (QED) is 0.863. The summed E-state index contributed by atoms with van der Waals surface area (Å²) in [5, 5.41) is 12.1. The molecule has 0 saturated carbocycles. The van der Waals surface area contributed by atoms with Crippen LogP contribution in [0, 0.1) is 11.3 Å². The molecular weight excluding hydrogens is 277 g/mol. The Balaban J connectivity index is 2.31. The van der Waals surface area contributed by atoms with Crippen LogP contribution < -0.4 is 5.32 Å². The zero-order chi connectivity index (χ0) is 16.4. The summed E-state index contributed by atoms with van der Waals surface area (Å²) < 4.78 is 12.2. The summed E-state index contributed by atoms with van der Waals surface area (Å²) in [6.45, 7) is 8.77. The van der Waals surface area contributed by atoms with Gasteiger partial charge in [-0.3, -0.25) is 0 Å². The van der Waals surface area contributed by atoms with Gasteiger partial charge in [0.25, 0.3) is 0 Å². The molecule has 1 aliphatic rings. The molecule has 1 aliphatic heterocycles. The Hall–Kier alpha value is -1.68. The van der Waals surface area contributed by atoms with Crippen molar-refractivity contribution < 1.29 is 9.31 Å². The van der Waals surface area contributed by atoms with Crippen molar-refractivity contribution in [2.45, 2.75) is 38.9 Å². The third kappa shape index (κ3) is 3.38. The lowest BCUT2D eigenvalue weighted by atomic mass is 9.77. The van der Waals surface area contributed by atoms with Gasteiger partial charge in [0.2, 0.25) is 0 Å². The molecule has 1 aromatic rings. The normalized spacial score (nSPS) is 20.0. The molecule has 0 unspecified atom stereocenters. The van der Waals surface area contributed by atoms with Crippen molar-refractivity contribution in [1.82, 2.24) is 10.3 Å². The highest BCUT2D eigenvalue weighted by molar-refractivity contribution is 6.55. The van der Waals surface area contributed by atoms with Gasteiger partial charge in [-0.15, -0.1) is 0 Å². The van der Waals surface area contributed by atoms with Crippen molar-refractivity contribution in [2.75, 3.05) is 13.6 Å². The summed E-state index contributed by atoms with van der Waals surface area (Å²) in [6, 6.07) is 5.66. The number of hydrogen-bond donors (Lipinski definition) is 1. The lowest BCUT2D eigenvalue weighted by Gasteiger charge is -2.32. The number of nitriles is 1. The van der Waals surface area contributed by atoms with E-state index in [1.54, 1.807) is 12.3 Å². The molecular formula is C16H22BN3O2. The van der Waals surface area contributed by atoms with E-state index in [0.29, 0.717) is 12.2 Å². The summed E-state index contributed by atoms with van der Waals surface area (Å²) in [6.07, 6.45) is 3.62. The number of pyridine rings is 1. The number of nitrogens with one attached hydrogen (secondary N) is 1. The highest BCUT2D eigenvalue weighted by atomic mass is 16.7. The van der Waals surface area contributed by atoms with E-state index < -0.39 is 7.12 Å². The fourth-order valence-electron chi connectivity index (χ4n) is 2.21. The first-order valence-corrected chi connectivity index (χ1v) is 7.36. The maximum atomic E-state index is 8.95. The van der Waals surface area contributed by atoms with Gasteiger partial charge >= 0.3 is 7.12 Å². The average Bonchev–Trinajstić information content (AvgIpc) is 2.67. The van der Waals surface area contributed by atoms with E-state index in [9.17, 15) is 0 Å². The van der Waals surface area contributed by atoms with Crippen molar-refractivity contribution in [2.24, 2.45) is 0 Å². The standard InChI is InChI=1S/C16H22BN3O2/c1-15(2)16(3,4)22-17(21-15)13(11-19-5)8-12-6-7-20-14(9-12)10-18/h6-9,19H,11H2,1-5H3. The van der Waals surface area contributed by atoms with Gasteiger partial charge in [0.15, 0.2) is 0 Å². The largest absolute Gasteiger partial charge is 0.491 e. The fourth-order valence-corrected chi connectivity index (χ4v) is 2.21. The summed E-state index contributed by atoms with van der Waals surface area (Å²) in [4.78, 5) is 3.99. The van der Waals surface area contributed by atoms with Gasteiger partial charge in [-0.1, -0.05) is 6.08 Å². The third-order valence-corrected chi connectivity index (χ3v) is 4.19. The number of aromatic nitrogens is 1. The molecule has 1 fully saturated rings. The minimum absolute atomic E-state index is 0.374. The Morgan fingerprint density at radius 1 is 1.36 bits per heavy atom. The van der Waals surface area contributed by atoms with Crippen LogP contribution in [0.1, 0.15) is 39.0 Å². The van der Waals surface area contributed by atoms with Crippen LogP contribution in [0.2, 0.25) is 0 Å². The van der Waals surface area contributed by atoms with Crippen LogP contribution in [0.5, 0.6) is 0 Å². The average molecular weight is 299 g/mol. The van der Waals surface area contributed by atoms with Gasteiger partial charge in [0.1, 0.15) is 11.8 Å². The Labute approximate surface area is 132 Å². The molecule has 0 aliphatic carbocycles. The molecule has 1 N–H and O–H groups in total. The van der Waals surface area contributed by atoms with Gasteiger partial charge in [-0.05, 0) is 57.9 Å². The number of hydrogen-bond acceptors (Lipinski definition) is 5. The monoisotopic (exact) mass is 299 g/mol. The SMILES string of the molecule is CNCC(=Cc1ccnc(C#N)c1)B1OC(C)(C)C(C)(C)O1. The van der Waals surface area contributed by atoms with Gasteiger partial charge in [0, 0.05) is 12.7 Å². The van der Waals surface area contributed by atoms with E-state index in [2.05, 4.69) is 10.3 Å². The smallest absolute Gasteiger partial charge is 0.400 e. The fraction of sp³-hybridized carbons (Fsp3) is 0.500. The Morgan fingerprint density at radius 3 is 2.55 bits per heavy atom. The molecule has 1 aromatic heterocycles. The van der Waals surface area contributed by atoms with Crippen LogP contribution in [0.3, 0.4) is 0 Å². The highest BCUT2D eigenvalue weighted by Gasteiger charge is 2.52. The van der Waals surface area contributed by atoms with Crippen molar-refractivity contribution >= 4 is 13.2 Å². The molecule has 0 spiro atoms. The molecule has 5 nitrogen and oxygen atoms in total. The van der Waals surface area contributed by atoms with Crippen molar-refractivity contribution in [3.63, 3.8) is 0 Å². The molecule has 0 atom stereocenters. The van der Waals surface area contributed by atoms with Crippen molar-refractivity contribution in [3.05, 3.63) is 35.1 Å². The van der Waals surface area contributed by atoms with Crippen LogP contribution in [-0.4, -0.2) is 36.9 Å². The summed E-state index contributed by atoms with van der Waals surface area (Å²) in [5.74, 6) is 0. The first-order chi connectivity index (χ1) is 10.3. The van der Waals surface area contributed by atoms with Gasteiger partial charge in [-0.25, -0.2) is 4.98 Å². The second-order valence-electron chi connectivity index (χ2n) is 6.42. The lowest BCUT2D eigenvalue weighted by molar-refractivity contribution is 0.00578. The molecule has 0 radical (unpaired) electrons. The molecule has 2 heterocycles. The topological polar surface area (TPSA) is 67.2 Å². The van der Waals surface area contributed by atoms with E-state index in [-0.39, 0.29) is 11.2 Å². The zero-order valence-corrected chi connectivity index (χ0v) is 13.8. The summed E-state index contributed by atoms with van der Waals surface area (Å²) >= 11 is 0. The van der Waals surface area contributed by atoms with E-state index in [1.807, 2.05) is 53.0 Å². The van der Waals surface area contributed by atoms with E-state index in [0.717, 1.165) is 11.0 Å². The first-order valence-electron chi connectivity index (χ1n) is 7.36. The van der Waals surface area contributed by atoms with Crippen LogP contribution in [0.4, 0.5) is 0 Å². The van der Waals surface area contributed by atoms with Gasteiger partial charge < -0.3 is 14.6 Å². The zero-order valence-electron chi connectivity index (χ0n) is 13.8. The van der Waals surface area contributed by atoms with Crippen LogP contribution >= 0.6 is 0 Å². The summed E-state index contributed by atoms with van der Waals surface area (Å²) in [7, 11) is 1.47. The minimum atomic E-state index is -0.406. The maximum absolute atomic E-state index is 8.95. The molecule has 2 rings (SSSR count). The molecule has 0 aromatic carbocycles. The Bertz CT molecular complexity index is 604. The minimum Gasteiger partial charge on any atom is -0.400 e. The molecule has 1 saturated heterocycles. The van der Waals surface area contributed by atoms with Crippen LogP contribution in [-0.2, 0) is 9.31 Å². The van der Waals surface area contributed by atoms with Gasteiger partial charge in [-0.2, -0.15) is 5.26 Å².